The van der Waals surface area contributed by atoms with Gasteiger partial charge in [-0.1, -0.05) is 11.8 Å². The van der Waals surface area contributed by atoms with Crippen LogP contribution < -0.4 is 0 Å². The zero-order valence-electron chi connectivity index (χ0n) is 11.2. The number of hydrogen-bond donors (Lipinski definition) is 1. The van der Waals surface area contributed by atoms with Crippen molar-refractivity contribution in [1.29, 1.82) is 0 Å². The molecule has 1 aliphatic heterocycles. The van der Waals surface area contributed by atoms with Crippen LogP contribution in [-0.2, 0) is 9.53 Å². The van der Waals surface area contributed by atoms with E-state index in [0.29, 0.717) is 25.1 Å². The fraction of sp³-hybridized carbons (Fsp3) is 0.400. The second-order valence-electron chi connectivity index (χ2n) is 4.67. The number of aliphatic hydroxyl groups is 1. The molecule has 0 aliphatic carbocycles. The Morgan fingerprint density at radius 2 is 2.20 bits per heavy atom. The molecule has 2 atom stereocenters. The third kappa shape index (κ3) is 3.56. The summed E-state index contributed by atoms with van der Waals surface area (Å²) in [6.45, 7) is 0.756. The van der Waals surface area contributed by atoms with Gasteiger partial charge in [0.25, 0.3) is 0 Å². The third-order valence-electron chi connectivity index (χ3n) is 3.21. The summed E-state index contributed by atoms with van der Waals surface area (Å²) in [4.78, 5) is 13.4. The number of hydrogen-bond acceptors (Lipinski definition) is 4. The van der Waals surface area contributed by atoms with Gasteiger partial charge in [-0.05, 0) is 24.3 Å². The van der Waals surface area contributed by atoms with Crippen molar-refractivity contribution >= 4 is 5.97 Å². The Morgan fingerprint density at radius 1 is 1.50 bits per heavy atom. The molecule has 1 aliphatic rings. The van der Waals surface area contributed by atoms with Crippen molar-refractivity contribution in [3.8, 4) is 11.8 Å². The van der Waals surface area contributed by atoms with E-state index in [1.165, 1.54) is 19.2 Å². The fourth-order valence-corrected chi connectivity index (χ4v) is 2.21. The minimum absolute atomic E-state index is 0.302. The minimum atomic E-state index is -0.535. The van der Waals surface area contributed by atoms with Gasteiger partial charge in [0.2, 0.25) is 0 Å². The van der Waals surface area contributed by atoms with E-state index in [2.05, 4.69) is 11.8 Å². The predicted octanol–water partition coefficient (Wildman–Crippen LogP) is 0.785. The number of aliphatic hydroxyl groups excluding tert-OH is 1. The molecular weight excluding hydrogens is 261 g/mol. The number of nitrogens with zero attached hydrogens (tertiary/aromatic N) is 1. The average Bonchev–Trinajstić information content (AvgIpc) is 2.81. The molecular formula is C15H16FNO3. The van der Waals surface area contributed by atoms with Crippen LogP contribution in [0.5, 0.6) is 0 Å². The zero-order chi connectivity index (χ0) is 14.5. The van der Waals surface area contributed by atoms with Crippen LogP contribution in [0.1, 0.15) is 12.0 Å². The normalized spacial score (nSPS) is 22.1. The summed E-state index contributed by atoms with van der Waals surface area (Å²) in [6.07, 6.45) is -0.169. The van der Waals surface area contributed by atoms with Crippen molar-refractivity contribution in [3.05, 3.63) is 35.6 Å². The van der Waals surface area contributed by atoms with Crippen LogP contribution in [0.15, 0.2) is 24.3 Å². The Morgan fingerprint density at radius 3 is 2.85 bits per heavy atom. The number of likely N-dealkylation sites (tertiary alicyclic amines) is 1. The highest BCUT2D eigenvalue weighted by Crippen LogP contribution is 2.18. The molecule has 0 radical (unpaired) electrons. The highest BCUT2D eigenvalue weighted by Gasteiger charge is 2.36. The maximum Gasteiger partial charge on any atom is 0.323 e. The zero-order valence-corrected chi connectivity index (χ0v) is 11.2. The van der Waals surface area contributed by atoms with Crippen LogP contribution in [0.25, 0.3) is 0 Å². The molecule has 20 heavy (non-hydrogen) atoms. The highest BCUT2D eigenvalue weighted by atomic mass is 19.1. The molecule has 106 valence electrons. The molecule has 0 bridgehead atoms. The van der Waals surface area contributed by atoms with Gasteiger partial charge in [-0.2, -0.15) is 0 Å². The molecule has 5 heteroatoms. The van der Waals surface area contributed by atoms with Gasteiger partial charge in [0.05, 0.1) is 19.8 Å². The molecule has 0 saturated carbocycles. The van der Waals surface area contributed by atoms with Crippen molar-refractivity contribution in [3.63, 3.8) is 0 Å². The average molecular weight is 277 g/mol. The SMILES string of the molecule is COC(=O)[C@H]1C[C@H](O)CN1CC#Cc1ccc(F)cc1. The first kappa shape index (κ1) is 14.5. The molecule has 1 fully saturated rings. The van der Waals surface area contributed by atoms with Gasteiger partial charge in [0.15, 0.2) is 0 Å². The predicted molar refractivity (Wildman–Crippen MR) is 71.3 cm³/mol. The van der Waals surface area contributed by atoms with Crippen LogP contribution in [0.3, 0.4) is 0 Å². The lowest BCUT2D eigenvalue weighted by Crippen LogP contribution is -2.37. The van der Waals surface area contributed by atoms with Crippen LogP contribution in [0.4, 0.5) is 4.39 Å². The monoisotopic (exact) mass is 277 g/mol. The van der Waals surface area contributed by atoms with E-state index in [-0.39, 0.29) is 11.8 Å². The number of esters is 1. The summed E-state index contributed by atoms with van der Waals surface area (Å²) in [5, 5.41) is 9.62. The second-order valence-corrected chi connectivity index (χ2v) is 4.67. The summed E-state index contributed by atoms with van der Waals surface area (Å²) in [6, 6.07) is 5.44. The second kappa shape index (κ2) is 6.51. The van der Waals surface area contributed by atoms with Gasteiger partial charge in [0.1, 0.15) is 11.9 Å². The van der Waals surface area contributed by atoms with E-state index in [4.69, 9.17) is 4.74 Å². The Balaban J connectivity index is 1.99. The van der Waals surface area contributed by atoms with Crippen molar-refractivity contribution in [1.82, 2.24) is 4.90 Å². The third-order valence-corrected chi connectivity index (χ3v) is 3.21. The summed E-state index contributed by atoms with van der Waals surface area (Å²) in [7, 11) is 1.33. The van der Waals surface area contributed by atoms with E-state index < -0.39 is 12.1 Å². The molecule has 0 unspecified atom stereocenters. The molecule has 1 saturated heterocycles. The lowest BCUT2D eigenvalue weighted by atomic mass is 10.2. The fourth-order valence-electron chi connectivity index (χ4n) is 2.21. The Hall–Kier alpha value is -1.90. The largest absolute Gasteiger partial charge is 0.468 e. The molecule has 1 heterocycles. The Labute approximate surface area is 117 Å². The van der Waals surface area contributed by atoms with Crippen molar-refractivity contribution < 1.29 is 19.0 Å². The maximum absolute atomic E-state index is 12.7. The van der Waals surface area contributed by atoms with Gasteiger partial charge in [-0.15, -0.1) is 0 Å². The number of halogens is 1. The van der Waals surface area contributed by atoms with Gasteiger partial charge >= 0.3 is 5.97 Å². The van der Waals surface area contributed by atoms with Crippen molar-refractivity contribution in [2.45, 2.75) is 18.6 Å². The number of carbonyl (C=O) groups excluding carboxylic acids is 1. The molecule has 2 rings (SSSR count). The first-order valence-corrected chi connectivity index (χ1v) is 6.34. The summed E-state index contributed by atoms with van der Waals surface area (Å²) in [5.74, 6) is 5.17. The Kier molecular flexibility index (Phi) is 4.72. The topological polar surface area (TPSA) is 49.8 Å². The van der Waals surface area contributed by atoms with Crippen LogP contribution in [0.2, 0.25) is 0 Å². The molecule has 1 N–H and O–H groups in total. The lowest BCUT2D eigenvalue weighted by molar-refractivity contribution is -0.145. The van der Waals surface area contributed by atoms with Gasteiger partial charge in [-0.25, -0.2) is 4.39 Å². The number of carbonyl (C=O) groups is 1. The van der Waals surface area contributed by atoms with E-state index in [9.17, 15) is 14.3 Å². The van der Waals surface area contributed by atoms with Crippen LogP contribution in [0, 0.1) is 17.7 Å². The molecule has 0 aromatic heterocycles. The van der Waals surface area contributed by atoms with Crippen molar-refractivity contribution in [2.75, 3.05) is 20.2 Å². The number of benzene rings is 1. The molecule has 0 amide bonds. The van der Waals surface area contributed by atoms with Crippen molar-refractivity contribution in [2.24, 2.45) is 0 Å². The number of β-amino-alcohol motifs (C(OH)–C–C–N with tert-alkyl or cyclic N) is 1. The van der Waals surface area contributed by atoms with Gasteiger partial charge in [0, 0.05) is 18.5 Å². The highest BCUT2D eigenvalue weighted by molar-refractivity contribution is 5.76. The van der Waals surface area contributed by atoms with E-state index in [1.807, 2.05) is 0 Å². The van der Waals surface area contributed by atoms with Gasteiger partial charge < -0.3 is 9.84 Å². The summed E-state index contributed by atoms with van der Waals surface area (Å²) >= 11 is 0. The smallest absolute Gasteiger partial charge is 0.323 e. The van der Waals surface area contributed by atoms with E-state index in [1.54, 1.807) is 17.0 Å². The first-order valence-electron chi connectivity index (χ1n) is 6.34. The minimum Gasteiger partial charge on any atom is -0.468 e. The molecule has 0 spiro atoms. The first-order chi connectivity index (χ1) is 9.60. The van der Waals surface area contributed by atoms with E-state index in [0.717, 1.165) is 0 Å². The summed E-state index contributed by atoms with van der Waals surface area (Å²) in [5.41, 5.74) is 0.709. The van der Waals surface area contributed by atoms with E-state index >= 15 is 0 Å². The molecule has 1 aromatic rings. The number of methoxy groups -OCH3 is 1. The lowest BCUT2D eigenvalue weighted by Gasteiger charge is -2.18. The molecule has 1 aromatic carbocycles. The standard InChI is InChI=1S/C15H16FNO3/c1-20-15(19)14-9-13(18)10-17(14)8-2-3-11-4-6-12(16)7-5-11/h4-7,13-14,18H,8-10H2,1H3/t13-,14+/m0/s1. The quantitative estimate of drug-likeness (QED) is 0.641. The summed E-state index contributed by atoms with van der Waals surface area (Å²) < 4.78 is 17.4. The van der Waals surface area contributed by atoms with Crippen LogP contribution in [-0.4, -0.2) is 48.3 Å². The van der Waals surface area contributed by atoms with Crippen LogP contribution >= 0.6 is 0 Å². The van der Waals surface area contributed by atoms with Gasteiger partial charge in [-0.3, -0.25) is 9.69 Å². The molecule has 4 nitrogen and oxygen atoms in total. The number of ether oxygens (including phenoxy) is 1. The number of rotatable bonds is 2. The maximum atomic E-state index is 12.7. The Bertz CT molecular complexity index is 532.